The smallest absolute Gasteiger partial charge is 0.305 e. The van der Waals surface area contributed by atoms with Gasteiger partial charge < -0.3 is 4.74 Å². The van der Waals surface area contributed by atoms with Crippen LogP contribution in [0.5, 0.6) is 0 Å². The van der Waals surface area contributed by atoms with Gasteiger partial charge in [0, 0.05) is 28.9 Å². The zero-order chi connectivity index (χ0) is 26.2. The number of esters is 1. The van der Waals surface area contributed by atoms with Crippen molar-refractivity contribution in [2.45, 2.75) is 51.4 Å². The van der Waals surface area contributed by atoms with Gasteiger partial charge in [-0.2, -0.15) is 5.26 Å². The SMILES string of the molecule is COC(=O)CCc1cccc(-c2nc(C)nc3c2CC[C@H]2[C@H](C)C(=O)C(C#N)C[C@]32c2ccccc2)c1. The van der Waals surface area contributed by atoms with E-state index in [0.717, 1.165) is 46.5 Å². The molecule has 3 aromatic rings. The minimum atomic E-state index is -0.669. The molecule has 1 saturated carbocycles. The third-order valence-electron chi connectivity index (χ3n) is 8.29. The van der Waals surface area contributed by atoms with E-state index in [-0.39, 0.29) is 23.6 Å². The van der Waals surface area contributed by atoms with E-state index in [1.807, 2.05) is 44.2 Å². The van der Waals surface area contributed by atoms with Crippen LogP contribution < -0.4 is 0 Å². The second-order valence-corrected chi connectivity index (χ2v) is 10.3. The molecule has 6 heteroatoms. The summed E-state index contributed by atoms with van der Waals surface area (Å²) in [6.45, 7) is 3.89. The standard InChI is InChI=1S/C31H31N3O3/c1-19-26-14-13-25-28(22-9-7-8-21(16-22)12-15-27(35)37-3)33-20(2)34-30(25)31(26,17-23(18-32)29(19)36)24-10-5-4-6-11-24/h4-11,16,19,23,26H,12-15,17H2,1-3H3/t19-,23?,26-,31+/m0/s1. The number of aryl methyl sites for hydroxylation is 2. The number of benzene rings is 2. The van der Waals surface area contributed by atoms with Crippen molar-refractivity contribution in [1.29, 1.82) is 5.26 Å². The first kappa shape index (κ1) is 24.8. The van der Waals surface area contributed by atoms with Gasteiger partial charge in [0.1, 0.15) is 11.7 Å². The Bertz CT molecular complexity index is 1390. The van der Waals surface area contributed by atoms with Crippen LogP contribution in [0.15, 0.2) is 54.6 Å². The van der Waals surface area contributed by atoms with Crippen LogP contribution in [0.2, 0.25) is 0 Å². The summed E-state index contributed by atoms with van der Waals surface area (Å²) in [5.74, 6) is -0.350. The Morgan fingerprint density at radius 2 is 1.95 bits per heavy atom. The minimum absolute atomic E-state index is 0.0480. The van der Waals surface area contributed by atoms with Gasteiger partial charge in [-0.15, -0.1) is 0 Å². The molecule has 2 aromatic carbocycles. The number of carbonyl (C=O) groups is 2. The molecule has 0 amide bonds. The van der Waals surface area contributed by atoms with Crippen LogP contribution in [0, 0.1) is 36.0 Å². The number of methoxy groups -OCH3 is 1. The first-order valence-electron chi connectivity index (χ1n) is 12.9. The van der Waals surface area contributed by atoms with Gasteiger partial charge in [0.25, 0.3) is 0 Å². The highest BCUT2D eigenvalue weighted by molar-refractivity contribution is 5.87. The molecule has 0 bridgehead atoms. The second-order valence-electron chi connectivity index (χ2n) is 10.3. The Morgan fingerprint density at radius 3 is 2.68 bits per heavy atom. The number of rotatable bonds is 5. The summed E-state index contributed by atoms with van der Waals surface area (Å²) in [5, 5.41) is 9.97. The fourth-order valence-electron chi connectivity index (χ4n) is 6.56. The number of Topliss-reactive ketones (excluding diaryl/α,β-unsaturated/α-hetero) is 1. The summed E-state index contributed by atoms with van der Waals surface area (Å²) in [6, 6.07) is 20.7. The minimum Gasteiger partial charge on any atom is -0.469 e. The molecule has 0 saturated heterocycles. The van der Waals surface area contributed by atoms with Gasteiger partial charge in [-0.25, -0.2) is 9.97 Å². The number of hydrogen-bond donors (Lipinski definition) is 0. The zero-order valence-corrected chi connectivity index (χ0v) is 21.5. The maximum absolute atomic E-state index is 13.1. The number of ether oxygens (including phenoxy) is 1. The summed E-state index contributed by atoms with van der Waals surface area (Å²) in [6.07, 6.45) is 2.94. The van der Waals surface area contributed by atoms with Crippen molar-refractivity contribution in [2.75, 3.05) is 7.11 Å². The van der Waals surface area contributed by atoms with Gasteiger partial charge in [0.15, 0.2) is 5.78 Å². The van der Waals surface area contributed by atoms with E-state index >= 15 is 0 Å². The lowest BCUT2D eigenvalue weighted by Crippen LogP contribution is -2.53. The molecule has 1 fully saturated rings. The summed E-state index contributed by atoms with van der Waals surface area (Å²) < 4.78 is 4.81. The van der Waals surface area contributed by atoms with Gasteiger partial charge in [-0.05, 0) is 55.7 Å². The van der Waals surface area contributed by atoms with Crippen LogP contribution in [0.4, 0.5) is 0 Å². The Kier molecular flexibility index (Phi) is 6.64. The van der Waals surface area contributed by atoms with Crippen molar-refractivity contribution < 1.29 is 14.3 Å². The monoisotopic (exact) mass is 493 g/mol. The lowest BCUT2D eigenvalue weighted by Gasteiger charge is -2.51. The fraction of sp³-hybridized carbons (Fsp3) is 0.387. The van der Waals surface area contributed by atoms with Crippen LogP contribution in [0.3, 0.4) is 0 Å². The van der Waals surface area contributed by atoms with Crippen molar-refractivity contribution >= 4 is 11.8 Å². The predicted molar refractivity (Wildman–Crippen MR) is 139 cm³/mol. The maximum Gasteiger partial charge on any atom is 0.305 e. The lowest BCUT2D eigenvalue weighted by atomic mass is 9.50. The lowest BCUT2D eigenvalue weighted by molar-refractivity contribution is -0.140. The molecule has 37 heavy (non-hydrogen) atoms. The van der Waals surface area contributed by atoms with E-state index in [1.165, 1.54) is 7.11 Å². The van der Waals surface area contributed by atoms with E-state index in [0.29, 0.717) is 25.1 Å². The number of nitriles is 1. The molecule has 2 aliphatic rings. The average molecular weight is 494 g/mol. The molecule has 1 unspecified atom stereocenters. The molecule has 1 aromatic heterocycles. The molecule has 0 spiro atoms. The van der Waals surface area contributed by atoms with Gasteiger partial charge in [-0.1, -0.05) is 55.5 Å². The van der Waals surface area contributed by atoms with Crippen molar-refractivity contribution in [3.8, 4) is 17.3 Å². The van der Waals surface area contributed by atoms with E-state index in [9.17, 15) is 14.9 Å². The third kappa shape index (κ3) is 4.23. The number of aromatic nitrogens is 2. The van der Waals surface area contributed by atoms with Gasteiger partial charge in [-0.3, -0.25) is 9.59 Å². The zero-order valence-electron chi connectivity index (χ0n) is 21.5. The summed E-state index contributed by atoms with van der Waals surface area (Å²) in [7, 11) is 1.40. The van der Waals surface area contributed by atoms with E-state index in [1.54, 1.807) is 0 Å². The Hall–Kier alpha value is -3.85. The molecule has 0 N–H and O–H groups in total. The fourth-order valence-corrected chi connectivity index (χ4v) is 6.56. The summed E-state index contributed by atoms with van der Waals surface area (Å²) in [5.41, 5.74) is 5.55. The third-order valence-corrected chi connectivity index (χ3v) is 8.29. The van der Waals surface area contributed by atoms with Crippen molar-refractivity contribution in [3.05, 3.63) is 82.8 Å². The highest BCUT2D eigenvalue weighted by atomic mass is 16.5. The molecular weight excluding hydrogens is 462 g/mol. The number of ketones is 1. The van der Waals surface area contributed by atoms with E-state index < -0.39 is 11.3 Å². The molecule has 0 aliphatic heterocycles. The second kappa shape index (κ2) is 9.89. The maximum atomic E-state index is 13.1. The topological polar surface area (TPSA) is 92.9 Å². The first-order valence-corrected chi connectivity index (χ1v) is 12.9. The van der Waals surface area contributed by atoms with Gasteiger partial charge >= 0.3 is 5.97 Å². The number of nitrogens with zero attached hydrogens (tertiary/aromatic N) is 3. The summed E-state index contributed by atoms with van der Waals surface area (Å²) in [4.78, 5) is 34.8. The largest absolute Gasteiger partial charge is 0.469 e. The number of fused-ring (bicyclic) bond motifs is 3. The molecule has 0 radical (unpaired) electrons. The van der Waals surface area contributed by atoms with Gasteiger partial charge in [0.05, 0.1) is 24.6 Å². The Labute approximate surface area is 217 Å². The van der Waals surface area contributed by atoms with Crippen LogP contribution in [-0.4, -0.2) is 28.8 Å². The molecule has 188 valence electrons. The van der Waals surface area contributed by atoms with Crippen molar-refractivity contribution in [2.24, 2.45) is 17.8 Å². The molecule has 1 heterocycles. The predicted octanol–water partition coefficient (Wildman–Crippen LogP) is 5.15. The highest BCUT2D eigenvalue weighted by Gasteiger charge is 2.56. The summed E-state index contributed by atoms with van der Waals surface area (Å²) >= 11 is 0. The van der Waals surface area contributed by atoms with Gasteiger partial charge in [0.2, 0.25) is 0 Å². The van der Waals surface area contributed by atoms with Crippen LogP contribution >= 0.6 is 0 Å². The molecule has 5 rings (SSSR count). The Balaban J connectivity index is 1.69. The number of carbonyl (C=O) groups excluding carboxylic acids is 2. The van der Waals surface area contributed by atoms with Crippen molar-refractivity contribution in [3.63, 3.8) is 0 Å². The molecule has 4 atom stereocenters. The number of hydrogen-bond acceptors (Lipinski definition) is 6. The molecule has 6 nitrogen and oxygen atoms in total. The van der Waals surface area contributed by atoms with E-state index in [4.69, 9.17) is 14.7 Å². The quantitative estimate of drug-likeness (QED) is 0.456. The van der Waals surface area contributed by atoms with Crippen LogP contribution in [0.1, 0.15) is 54.4 Å². The average Bonchev–Trinajstić information content (AvgIpc) is 2.93. The molecule has 2 aliphatic carbocycles. The van der Waals surface area contributed by atoms with Crippen LogP contribution in [0.25, 0.3) is 11.3 Å². The van der Waals surface area contributed by atoms with Crippen LogP contribution in [-0.2, 0) is 32.6 Å². The van der Waals surface area contributed by atoms with E-state index in [2.05, 4.69) is 30.3 Å². The first-order chi connectivity index (χ1) is 17.9. The molecular formula is C31H31N3O3. The normalized spacial score (nSPS) is 24.5. The highest BCUT2D eigenvalue weighted by Crippen LogP contribution is 2.56. The van der Waals surface area contributed by atoms with Crippen molar-refractivity contribution in [1.82, 2.24) is 9.97 Å². The Morgan fingerprint density at radius 1 is 1.16 bits per heavy atom.